The van der Waals surface area contributed by atoms with Gasteiger partial charge in [-0.05, 0) is 12.1 Å². The zero-order valence-corrected chi connectivity index (χ0v) is 7.41. The predicted octanol–water partition coefficient (Wildman–Crippen LogP) is 1.50. The summed E-state index contributed by atoms with van der Waals surface area (Å²) in [5.41, 5.74) is 1.34. The lowest BCUT2D eigenvalue weighted by molar-refractivity contribution is 0.486. The van der Waals surface area contributed by atoms with Gasteiger partial charge in [0.05, 0.1) is 21.1 Å². The molecule has 0 aliphatic rings. The molecule has 0 unspecified atom stereocenters. The van der Waals surface area contributed by atoms with Crippen LogP contribution in [0, 0.1) is 0 Å². The molecule has 0 heterocycles. The summed E-state index contributed by atoms with van der Waals surface area (Å²) in [5, 5.41) is 0. The SMILES string of the molecule is C[N+](C)(C)c1ccccc1.[B-]. The van der Waals surface area contributed by atoms with Crippen LogP contribution < -0.4 is 4.48 Å². The lowest BCUT2D eigenvalue weighted by Gasteiger charge is -2.22. The van der Waals surface area contributed by atoms with Crippen LogP contribution in [-0.2, 0) is 0 Å². The molecule has 0 aliphatic carbocycles. The van der Waals surface area contributed by atoms with Crippen molar-refractivity contribution in [3.8, 4) is 0 Å². The van der Waals surface area contributed by atoms with E-state index in [0.717, 1.165) is 4.48 Å². The molecule has 0 saturated carbocycles. The lowest BCUT2D eigenvalue weighted by Crippen LogP contribution is -2.34. The van der Waals surface area contributed by atoms with Crippen LogP contribution in [0.25, 0.3) is 0 Å². The maximum absolute atomic E-state index is 2.16. The van der Waals surface area contributed by atoms with Crippen molar-refractivity contribution in [1.29, 1.82) is 0 Å². The first-order valence-electron chi connectivity index (χ1n) is 3.48. The Balaban J connectivity index is 0.000001000. The normalized spacial score (nSPS) is 10.5. The summed E-state index contributed by atoms with van der Waals surface area (Å²) in [7, 11) is 6.49. The zero-order chi connectivity index (χ0) is 7.61. The molecule has 0 atom stereocenters. The van der Waals surface area contributed by atoms with Gasteiger partial charge in [0.25, 0.3) is 0 Å². The van der Waals surface area contributed by atoms with Crippen LogP contribution in [0.5, 0.6) is 0 Å². The molecular weight excluding hydrogens is 133 g/mol. The molecule has 0 saturated heterocycles. The molecule has 11 heavy (non-hydrogen) atoms. The maximum atomic E-state index is 2.16. The van der Waals surface area contributed by atoms with Crippen LogP contribution >= 0.6 is 0 Å². The fraction of sp³-hybridized carbons (Fsp3) is 0.333. The van der Waals surface area contributed by atoms with Crippen molar-refractivity contribution in [3.05, 3.63) is 30.3 Å². The molecule has 2 heteroatoms. The van der Waals surface area contributed by atoms with E-state index in [1.54, 1.807) is 0 Å². The molecule has 1 aromatic carbocycles. The van der Waals surface area contributed by atoms with E-state index < -0.39 is 0 Å². The first-order chi connectivity index (χ1) is 4.61. The Morgan fingerprint density at radius 3 is 1.64 bits per heavy atom. The molecular formula is C9H14BN. The molecule has 4 radical (unpaired) electrons. The topological polar surface area (TPSA) is 0 Å². The van der Waals surface area contributed by atoms with E-state index in [9.17, 15) is 0 Å². The summed E-state index contributed by atoms with van der Waals surface area (Å²) in [5.74, 6) is 0. The van der Waals surface area contributed by atoms with Gasteiger partial charge in [0.2, 0.25) is 0 Å². The van der Waals surface area contributed by atoms with Crippen LogP contribution in [0.15, 0.2) is 30.3 Å². The molecule has 0 bridgehead atoms. The van der Waals surface area contributed by atoms with E-state index in [1.807, 2.05) is 6.07 Å². The molecule has 0 spiro atoms. The molecule has 0 aromatic heterocycles. The minimum absolute atomic E-state index is 0. The predicted molar refractivity (Wildman–Crippen MR) is 51.8 cm³/mol. The van der Waals surface area contributed by atoms with Crippen LogP contribution in [0.3, 0.4) is 0 Å². The Morgan fingerprint density at radius 2 is 1.36 bits per heavy atom. The summed E-state index contributed by atoms with van der Waals surface area (Å²) in [6, 6.07) is 10.5. The third-order valence-corrected chi connectivity index (χ3v) is 1.53. The van der Waals surface area contributed by atoms with Gasteiger partial charge in [-0.1, -0.05) is 18.2 Å². The van der Waals surface area contributed by atoms with E-state index >= 15 is 0 Å². The number of nitrogens with zero attached hydrogens (tertiary/aromatic N) is 1. The van der Waals surface area contributed by atoms with E-state index in [0.29, 0.717) is 0 Å². The standard InChI is InChI=1S/C9H14N.B/c1-10(2,3)9-7-5-4-6-8-9;/h4-8H,1-3H3;/q+1;-1. The van der Waals surface area contributed by atoms with Crippen molar-refractivity contribution in [3.63, 3.8) is 0 Å². The van der Waals surface area contributed by atoms with Gasteiger partial charge < -0.3 is 8.41 Å². The number of hydrogen-bond donors (Lipinski definition) is 0. The number of hydrogen-bond acceptors (Lipinski definition) is 0. The number of para-hydroxylation sites is 1. The Labute approximate surface area is 70.8 Å². The van der Waals surface area contributed by atoms with Crippen LogP contribution in [0.2, 0.25) is 0 Å². The number of benzene rings is 1. The van der Waals surface area contributed by atoms with Gasteiger partial charge in [-0.25, -0.2) is 0 Å². The molecule has 0 N–H and O–H groups in total. The van der Waals surface area contributed by atoms with E-state index in [4.69, 9.17) is 0 Å². The Hall–Kier alpha value is -0.755. The van der Waals surface area contributed by atoms with E-state index in [-0.39, 0.29) is 8.41 Å². The second kappa shape index (κ2) is 3.58. The minimum atomic E-state index is 0. The van der Waals surface area contributed by atoms with Crippen molar-refractivity contribution < 1.29 is 0 Å². The Bertz CT molecular complexity index is 201. The molecule has 1 rings (SSSR count). The summed E-state index contributed by atoms with van der Waals surface area (Å²) in [6.45, 7) is 0. The van der Waals surface area contributed by atoms with Crippen molar-refractivity contribution in [2.24, 2.45) is 0 Å². The van der Waals surface area contributed by atoms with Gasteiger partial charge in [0.15, 0.2) is 0 Å². The average molecular weight is 147 g/mol. The van der Waals surface area contributed by atoms with Gasteiger partial charge >= 0.3 is 0 Å². The summed E-state index contributed by atoms with van der Waals surface area (Å²) in [4.78, 5) is 0. The first kappa shape index (κ1) is 10.2. The van der Waals surface area contributed by atoms with Crippen LogP contribution in [0.4, 0.5) is 5.69 Å². The highest BCUT2D eigenvalue weighted by Crippen LogP contribution is 2.14. The van der Waals surface area contributed by atoms with Crippen molar-refractivity contribution in [1.82, 2.24) is 4.48 Å². The lowest BCUT2D eigenvalue weighted by atomic mass is 10.3. The largest absolute Gasteiger partial charge is 1.00 e. The number of quaternary nitrogens is 1. The molecule has 58 valence electrons. The van der Waals surface area contributed by atoms with Gasteiger partial charge in [0.1, 0.15) is 5.69 Å². The van der Waals surface area contributed by atoms with Crippen molar-refractivity contribution in [2.75, 3.05) is 21.1 Å². The maximum Gasteiger partial charge on any atom is 0.132 e. The monoisotopic (exact) mass is 147 g/mol. The molecule has 0 fully saturated rings. The third kappa shape index (κ3) is 2.77. The van der Waals surface area contributed by atoms with Crippen LogP contribution in [0.1, 0.15) is 0 Å². The highest BCUT2D eigenvalue weighted by atomic mass is 15.3. The van der Waals surface area contributed by atoms with Crippen LogP contribution in [-0.4, -0.2) is 29.6 Å². The van der Waals surface area contributed by atoms with Gasteiger partial charge in [-0.3, -0.25) is 4.48 Å². The van der Waals surface area contributed by atoms with E-state index in [1.165, 1.54) is 5.69 Å². The third-order valence-electron chi connectivity index (χ3n) is 1.53. The highest BCUT2D eigenvalue weighted by Gasteiger charge is 2.08. The first-order valence-corrected chi connectivity index (χ1v) is 3.48. The second-order valence-electron chi connectivity index (χ2n) is 3.35. The average Bonchev–Trinajstić information content (AvgIpc) is 1.88. The second-order valence-corrected chi connectivity index (χ2v) is 3.35. The number of rotatable bonds is 1. The molecule has 0 aliphatic heterocycles. The fourth-order valence-electron chi connectivity index (χ4n) is 0.875. The quantitative estimate of drug-likeness (QED) is 0.417. The van der Waals surface area contributed by atoms with Gasteiger partial charge in [-0.15, -0.1) is 0 Å². The minimum Gasteiger partial charge on any atom is -1.00 e. The van der Waals surface area contributed by atoms with Gasteiger partial charge in [-0.2, -0.15) is 0 Å². The highest BCUT2D eigenvalue weighted by molar-refractivity contribution is 5.75. The molecule has 1 nitrogen and oxygen atoms in total. The smallest absolute Gasteiger partial charge is 0.132 e. The summed E-state index contributed by atoms with van der Waals surface area (Å²) >= 11 is 0. The Kier molecular flexibility index (Phi) is 3.34. The molecule has 0 amide bonds. The van der Waals surface area contributed by atoms with Crippen molar-refractivity contribution >= 4 is 14.1 Å². The fourth-order valence-corrected chi connectivity index (χ4v) is 0.875. The zero-order valence-electron chi connectivity index (χ0n) is 7.41. The molecule has 1 aromatic rings. The summed E-state index contributed by atoms with van der Waals surface area (Å²) in [6.07, 6.45) is 0. The Morgan fingerprint density at radius 1 is 0.909 bits per heavy atom. The van der Waals surface area contributed by atoms with Gasteiger partial charge in [0, 0.05) is 0 Å². The van der Waals surface area contributed by atoms with Crippen molar-refractivity contribution in [2.45, 2.75) is 0 Å². The van der Waals surface area contributed by atoms with E-state index in [2.05, 4.69) is 45.4 Å². The summed E-state index contributed by atoms with van der Waals surface area (Å²) < 4.78 is 0.890.